The molecule has 0 aliphatic heterocycles. The molecule has 2 aromatic carbocycles. The maximum Gasteiger partial charge on any atom is 0.282 e. The van der Waals surface area contributed by atoms with Gasteiger partial charge in [-0.1, -0.05) is 29.8 Å². The summed E-state index contributed by atoms with van der Waals surface area (Å²) >= 11 is 3.42. The Bertz CT molecular complexity index is 1110. The highest BCUT2D eigenvalue weighted by Gasteiger charge is 2.15. The number of methoxy groups -OCH3 is 1. The number of fused-ring (bicyclic) bond motifs is 1. The van der Waals surface area contributed by atoms with E-state index in [1.807, 2.05) is 44.2 Å². The second-order valence-corrected chi connectivity index (χ2v) is 7.56. The van der Waals surface area contributed by atoms with Crippen LogP contribution in [0.1, 0.15) is 44.5 Å². The number of nitrogens with zero attached hydrogens (tertiary/aromatic N) is 3. The molecule has 0 saturated heterocycles. The topological polar surface area (TPSA) is 65.7 Å². The van der Waals surface area contributed by atoms with Gasteiger partial charge in [0.05, 0.1) is 30.8 Å². The molecule has 152 valence electrons. The largest absolute Gasteiger partial charge is 0.493 e. The first-order chi connectivity index (χ1) is 14.0. The van der Waals surface area contributed by atoms with Gasteiger partial charge in [0.25, 0.3) is 5.56 Å². The van der Waals surface area contributed by atoms with E-state index in [9.17, 15) is 4.79 Å². The fourth-order valence-corrected chi connectivity index (χ4v) is 3.30. The molecule has 0 saturated carbocycles. The van der Waals surface area contributed by atoms with E-state index in [1.54, 1.807) is 19.4 Å². The molecule has 6 nitrogen and oxygen atoms in total. The van der Waals surface area contributed by atoms with Crippen LogP contribution < -0.4 is 15.0 Å². The zero-order chi connectivity index (χ0) is 21.0. The van der Waals surface area contributed by atoms with Crippen molar-refractivity contribution in [1.82, 2.24) is 9.66 Å². The summed E-state index contributed by atoms with van der Waals surface area (Å²) in [5.41, 5.74) is 1.27. The van der Waals surface area contributed by atoms with Gasteiger partial charge in [0.2, 0.25) is 0 Å². The van der Waals surface area contributed by atoms with E-state index in [1.165, 1.54) is 4.68 Å². The average molecular weight is 458 g/mol. The van der Waals surface area contributed by atoms with E-state index < -0.39 is 0 Å². The van der Waals surface area contributed by atoms with Crippen LogP contribution >= 0.6 is 15.9 Å². The van der Waals surface area contributed by atoms with Gasteiger partial charge in [0.15, 0.2) is 11.5 Å². The third kappa shape index (κ3) is 4.50. The number of hydrogen-bond acceptors (Lipinski definition) is 5. The Hall–Kier alpha value is -2.67. The predicted molar refractivity (Wildman–Crippen MR) is 120 cm³/mol. The van der Waals surface area contributed by atoms with Crippen molar-refractivity contribution in [3.05, 3.63) is 62.6 Å². The third-order valence-corrected chi connectivity index (χ3v) is 5.19. The Morgan fingerprint density at radius 3 is 2.69 bits per heavy atom. The molecular formula is C22H24BrN3O3. The van der Waals surface area contributed by atoms with Crippen LogP contribution in [-0.4, -0.2) is 29.6 Å². The molecule has 3 rings (SSSR count). The maximum absolute atomic E-state index is 13.1. The minimum absolute atomic E-state index is 0.0859. The van der Waals surface area contributed by atoms with Crippen molar-refractivity contribution in [3.63, 3.8) is 0 Å². The lowest BCUT2D eigenvalue weighted by atomic mass is 10.1. The number of hydrogen-bond donors (Lipinski definition) is 0. The predicted octanol–water partition coefficient (Wildman–Crippen LogP) is 4.96. The monoisotopic (exact) mass is 457 g/mol. The number of benzene rings is 2. The van der Waals surface area contributed by atoms with Gasteiger partial charge in [-0.25, -0.2) is 4.98 Å². The summed E-state index contributed by atoms with van der Waals surface area (Å²) < 4.78 is 13.2. The Morgan fingerprint density at radius 2 is 2.00 bits per heavy atom. The summed E-state index contributed by atoms with van der Waals surface area (Å²) in [7, 11) is 1.59. The van der Waals surface area contributed by atoms with E-state index in [2.05, 4.69) is 28.0 Å². The molecule has 0 bridgehead atoms. The first kappa shape index (κ1) is 21.0. The SMILES string of the molecule is CCOc1ccc(C=Nn2c([C@@H](C)CC)nc3ccc(Br)cc3c2=O)cc1OC. The fourth-order valence-electron chi connectivity index (χ4n) is 2.94. The number of aromatic nitrogens is 2. The molecule has 0 unspecified atom stereocenters. The zero-order valence-corrected chi connectivity index (χ0v) is 18.6. The lowest BCUT2D eigenvalue weighted by Gasteiger charge is -2.14. The van der Waals surface area contributed by atoms with Crippen LogP contribution in [0.25, 0.3) is 10.9 Å². The smallest absolute Gasteiger partial charge is 0.282 e. The van der Waals surface area contributed by atoms with Crippen LogP contribution in [0.5, 0.6) is 11.5 Å². The highest BCUT2D eigenvalue weighted by molar-refractivity contribution is 9.10. The molecule has 1 atom stereocenters. The van der Waals surface area contributed by atoms with Crippen molar-refractivity contribution in [2.45, 2.75) is 33.1 Å². The minimum Gasteiger partial charge on any atom is -0.493 e. The Kier molecular flexibility index (Phi) is 6.69. The van der Waals surface area contributed by atoms with Crippen molar-refractivity contribution in [1.29, 1.82) is 0 Å². The van der Waals surface area contributed by atoms with Crippen LogP contribution in [0.4, 0.5) is 0 Å². The summed E-state index contributed by atoms with van der Waals surface area (Å²) in [6, 6.07) is 11.0. The molecule has 0 amide bonds. The van der Waals surface area contributed by atoms with Crippen molar-refractivity contribution >= 4 is 33.0 Å². The fraction of sp³-hybridized carbons (Fsp3) is 0.318. The van der Waals surface area contributed by atoms with Crippen molar-refractivity contribution in [2.75, 3.05) is 13.7 Å². The lowest BCUT2D eigenvalue weighted by Crippen LogP contribution is -2.23. The van der Waals surface area contributed by atoms with E-state index in [4.69, 9.17) is 14.5 Å². The van der Waals surface area contributed by atoms with Gasteiger partial charge < -0.3 is 9.47 Å². The van der Waals surface area contributed by atoms with Gasteiger partial charge in [-0.15, -0.1) is 0 Å². The van der Waals surface area contributed by atoms with Gasteiger partial charge in [0.1, 0.15) is 5.82 Å². The molecule has 29 heavy (non-hydrogen) atoms. The molecule has 0 fully saturated rings. The molecular weight excluding hydrogens is 434 g/mol. The van der Waals surface area contributed by atoms with Crippen LogP contribution in [0, 0.1) is 0 Å². The zero-order valence-electron chi connectivity index (χ0n) is 17.0. The van der Waals surface area contributed by atoms with E-state index in [-0.39, 0.29) is 11.5 Å². The quantitative estimate of drug-likeness (QED) is 0.470. The molecule has 0 radical (unpaired) electrons. The molecule has 0 aliphatic rings. The molecule has 1 aromatic heterocycles. The highest BCUT2D eigenvalue weighted by atomic mass is 79.9. The summed E-state index contributed by atoms with van der Waals surface area (Å²) in [5, 5.41) is 5.00. The first-order valence-electron chi connectivity index (χ1n) is 9.55. The number of ether oxygens (including phenoxy) is 2. The standard InChI is InChI=1S/C22H24BrN3O3/c1-5-14(3)21-25-18-9-8-16(23)12-17(18)22(27)26(21)24-13-15-7-10-19(29-6-2)20(11-15)28-4/h7-14H,5-6H2,1-4H3/t14-/m0/s1. The van der Waals surface area contributed by atoms with E-state index >= 15 is 0 Å². The summed E-state index contributed by atoms with van der Waals surface area (Å²) in [6.45, 7) is 6.57. The second kappa shape index (κ2) is 9.22. The maximum atomic E-state index is 13.1. The Labute approximate surface area is 178 Å². The van der Waals surface area contributed by atoms with Gasteiger partial charge in [-0.3, -0.25) is 4.79 Å². The molecule has 1 heterocycles. The Morgan fingerprint density at radius 1 is 1.21 bits per heavy atom. The number of halogens is 1. The van der Waals surface area contributed by atoms with Crippen LogP contribution in [0.2, 0.25) is 0 Å². The van der Waals surface area contributed by atoms with Gasteiger partial charge >= 0.3 is 0 Å². The molecule has 0 N–H and O–H groups in total. The average Bonchev–Trinajstić information content (AvgIpc) is 2.73. The Balaban J connectivity index is 2.11. The van der Waals surface area contributed by atoms with Crippen molar-refractivity contribution in [2.24, 2.45) is 5.10 Å². The van der Waals surface area contributed by atoms with Crippen LogP contribution in [0.15, 0.2) is 50.8 Å². The first-order valence-corrected chi connectivity index (χ1v) is 10.3. The van der Waals surface area contributed by atoms with Crippen LogP contribution in [-0.2, 0) is 0 Å². The van der Waals surface area contributed by atoms with Gasteiger partial charge in [-0.2, -0.15) is 9.78 Å². The van der Waals surface area contributed by atoms with Crippen molar-refractivity contribution in [3.8, 4) is 11.5 Å². The molecule has 0 spiro atoms. The van der Waals surface area contributed by atoms with Crippen LogP contribution in [0.3, 0.4) is 0 Å². The summed E-state index contributed by atoms with van der Waals surface area (Å²) in [4.78, 5) is 17.9. The van der Waals surface area contributed by atoms with Crippen molar-refractivity contribution < 1.29 is 9.47 Å². The van der Waals surface area contributed by atoms with Gasteiger partial charge in [0, 0.05) is 10.4 Å². The number of rotatable bonds is 7. The minimum atomic E-state index is -0.194. The molecule has 3 aromatic rings. The van der Waals surface area contributed by atoms with E-state index in [0.29, 0.717) is 34.8 Å². The summed E-state index contributed by atoms with van der Waals surface area (Å²) in [6.07, 6.45) is 2.48. The normalized spacial score (nSPS) is 12.4. The molecule has 7 heteroatoms. The second-order valence-electron chi connectivity index (χ2n) is 6.65. The van der Waals surface area contributed by atoms with E-state index in [0.717, 1.165) is 16.5 Å². The third-order valence-electron chi connectivity index (χ3n) is 4.70. The highest BCUT2D eigenvalue weighted by Crippen LogP contribution is 2.27. The molecule has 0 aliphatic carbocycles. The van der Waals surface area contributed by atoms with Gasteiger partial charge in [-0.05, 0) is 55.3 Å². The summed E-state index contributed by atoms with van der Waals surface area (Å²) in [5.74, 6) is 2.01. The lowest BCUT2D eigenvalue weighted by molar-refractivity contribution is 0.311.